The standard InChI is InChI=1S/C17H13F4N3S2/c18-12-7-5-11(6-8-12)9-26-10-15-22-23-16(25)24(15)14-4-2-1-3-13(14)17(19,20)21/h1-8H,9-10H2,(H,23,25). The van der Waals surface area contributed by atoms with E-state index < -0.39 is 11.7 Å². The van der Waals surface area contributed by atoms with E-state index in [4.69, 9.17) is 12.2 Å². The number of halogens is 4. The van der Waals surface area contributed by atoms with E-state index in [1.54, 1.807) is 12.1 Å². The third-order valence-corrected chi connectivity index (χ3v) is 4.88. The fourth-order valence-electron chi connectivity index (χ4n) is 2.42. The van der Waals surface area contributed by atoms with Gasteiger partial charge in [-0.3, -0.25) is 9.67 Å². The minimum Gasteiger partial charge on any atom is -0.271 e. The molecule has 0 aliphatic rings. The van der Waals surface area contributed by atoms with Crippen LogP contribution in [0.5, 0.6) is 0 Å². The Labute approximate surface area is 156 Å². The highest BCUT2D eigenvalue weighted by Crippen LogP contribution is 2.34. The molecule has 1 N–H and O–H groups in total. The van der Waals surface area contributed by atoms with Crippen LogP contribution in [0.15, 0.2) is 48.5 Å². The number of hydrogen-bond acceptors (Lipinski definition) is 3. The number of hydrogen-bond donors (Lipinski definition) is 1. The minimum absolute atomic E-state index is 0.0591. The predicted octanol–water partition coefficient (Wildman–Crippen LogP) is 5.52. The number of alkyl halides is 3. The molecule has 0 aliphatic carbocycles. The Morgan fingerprint density at radius 2 is 1.73 bits per heavy atom. The number of para-hydroxylation sites is 1. The van der Waals surface area contributed by atoms with Gasteiger partial charge in [-0.05, 0) is 42.0 Å². The van der Waals surface area contributed by atoms with E-state index in [9.17, 15) is 17.6 Å². The smallest absolute Gasteiger partial charge is 0.271 e. The molecule has 26 heavy (non-hydrogen) atoms. The predicted molar refractivity (Wildman–Crippen MR) is 95.1 cm³/mol. The van der Waals surface area contributed by atoms with Gasteiger partial charge in [0.15, 0.2) is 4.77 Å². The molecule has 0 bridgehead atoms. The molecule has 0 saturated carbocycles. The summed E-state index contributed by atoms with van der Waals surface area (Å²) in [6, 6.07) is 11.3. The van der Waals surface area contributed by atoms with Crippen LogP contribution >= 0.6 is 24.0 Å². The molecular weight excluding hydrogens is 386 g/mol. The first-order valence-electron chi connectivity index (χ1n) is 7.51. The van der Waals surface area contributed by atoms with Gasteiger partial charge >= 0.3 is 6.18 Å². The van der Waals surface area contributed by atoms with Gasteiger partial charge < -0.3 is 0 Å². The zero-order valence-electron chi connectivity index (χ0n) is 13.3. The normalized spacial score (nSPS) is 11.7. The average molecular weight is 399 g/mol. The number of thioether (sulfide) groups is 1. The van der Waals surface area contributed by atoms with Crippen molar-refractivity contribution in [1.82, 2.24) is 14.8 Å². The first-order valence-corrected chi connectivity index (χ1v) is 9.07. The van der Waals surface area contributed by atoms with E-state index in [0.29, 0.717) is 17.3 Å². The summed E-state index contributed by atoms with van der Waals surface area (Å²) in [6.07, 6.45) is -4.50. The quantitative estimate of drug-likeness (QED) is 0.453. The Morgan fingerprint density at radius 1 is 1.04 bits per heavy atom. The third kappa shape index (κ3) is 4.16. The van der Waals surface area contributed by atoms with Gasteiger partial charge in [0.1, 0.15) is 11.6 Å². The summed E-state index contributed by atoms with van der Waals surface area (Å²) < 4.78 is 54.2. The highest BCUT2D eigenvalue weighted by atomic mass is 32.2. The van der Waals surface area contributed by atoms with Crippen LogP contribution in [0.4, 0.5) is 17.6 Å². The average Bonchev–Trinajstić information content (AvgIpc) is 2.96. The lowest BCUT2D eigenvalue weighted by atomic mass is 10.1. The van der Waals surface area contributed by atoms with Gasteiger partial charge in [0.25, 0.3) is 0 Å². The van der Waals surface area contributed by atoms with Crippen LogP contribution in [0.2, 0.25) is 0 Å². The Hall–Kier alpha value is -2.13. The van der Waals surface area contributed by atoms with Crippen molar-refractivity contribution in [3.8, 4) is 5.69 Å². The van der Waals surface area contributed by atoms with E-state index in [2.05, 4.69) is 10.2 Å². The second-order valence-corrected chi connectivity index (χ2v) is 6.79. The molecule has 0 fully saturated rings. The third-order valence-electron chi connectivity index (χ3n) is 3.61. The molecule has 0 amide bonds. The monoisotopic (exact) mass is 399 g/mol. The molecule has 0 saturated heterocycles. The van der Waals surface area contributed by atoms with Crippen molar-refractivity contribution in [3.05, 3.63) is 76.1 Å². The zero-order valence-corrected chi connectivity index (χ0v) is 14.9. The number of rotatable bonds is 5. The lowest BCUT2D eigenvalue weighted by molar-refractivity contribution is -0.137. The number of H-pyrrole nitrogens is 1. The fourth-order valence-corrected chi connectivity index (χ4v) is 3.58. The molecule has 2 aromatic carbocycles. The van der Waals surface area contributed by atoms with Crippen molar-refractivity contribution in [3.63, 3.8) is 0 Å². The molecular formula is C17H13F4N3S2. The lowest BCUT2D eigenvalue weighted by Crippen LogP contribution is -2.12. The Kier molecular flexibility index (Phi) is 5.47. The number of aromatic amines is 1. The van der Waals surface area contributed by atoms with E-state index in [0.717, 1.165) is 11.6 Å². The molecule has 0 spiro atoms. The minimum atomic E-state index is -4.50. The van der Waals surface area contributed by atoms with Crippen LogP contribution in [0, 0.1) is 10.6 Å². The molecule has 0 atom stereocenters. The molecule has 9 heteroatoms. The second kappa shape index (κ2) is 7.63. The van der Waals surface area contributed by atoms with Crippen LogP contribution in [0.3, 0.4) is 0 Å². The maximum absolute atomic E-state index is 13.3. The number of nitrogens with one attached hydrogen (secondary N) is 1. The Bertz CT molecular complexity index is 946. The van der Waals surface area contributed by atoms with Crippen molar-refractivity contribution in [2.75, 3.05) is 0 Å². The maximum atomic E-state index is 13.3. The van der Waals surface area contributed by atoms with E-state index in [1.807, 2.05) is 0 Å². The van der Waals surface area contributed by atoms with Gasteiger partial charge in [-0.2, -0.15) is 18.3 Å². The van der Waals surface area contributed by atoms with Crippen LogP contribution < -0.4 is 0 Å². The Balaban J connectivity index is 1.84. The number of nitrogens with zero attached hydrogens (tertiary/aromatic N) is 2. The Morgan fingerprint density at radius 3 is 2.42 bits per heavy atom. The van der Waals surface area contributed by atoms with Crippen LogP contribution in [-0.4, -0.2) is 14.8 Å². The highest BCUT2D eigenvalue weighted by molar-refractivity contribution is 7.97. The van der Waals surface area contributed by atoms with Gasteiger partial charge in [0.05, 0.1) is 17.0 Å². The largest absolute Gasteiger partial charge is 0.418 e. The molecule has 1 heterocycles. The van der Waals surface area contributed by atoms with Crippen molar-refractivity contribution < 1.29 is 17.6 Å². The summed E-state index contributed by atoms with van der Waals surface area (Å²) in [4.78, 5) is 0. The first kappa shape index (κ1) is 18.7. The van der Waals surface area contributed by atoms with Gasteiger partial charge in [-0.25, -0.2) is 4.39 Å². The highest BCUT2D eigenvalue weighted by Gasteiger charge is 2.34. The first-order chi connectivity index (χ1) is 12.4. The molecule has 3 rings (SSSR count). The second-order valence-electron chi connectivity index (χ2n) is 5.41. The molecule has 3 nitrogen and oxygen atoms in total. The SMILES string of the molecule is Fc1ccc(CSCc2n[nH]c(=S)n2-c2ccccc2C(F)(F)F)cc1. The summed E-state index contributed by atoms with van der Waals surface area (Å²) in [6.45, 7) is 0. The van der Waals surface area contributed by atoms with Crippen LogP contribution in [0.1, 0.15) is 17.0 Å². The number of benzene rings is 2. The van der Waals surface area contributed by atoms with Crippen molar-refractivity contribution in [2.45, 2.75) is 17.7 Å². The van der Waals surface area contributed by atoms with Gasteiger partial charge in [-0.1, -0.05) is 24.3 Å². The molecule has 0 radical (unpaired) electrons. The van der Waals surface area contributed by atoms with E-state index >= 15 is 0 Å². The van der Waals surface area contributed by atoms with Crippen molar-refractivity contribution in [1.29, 1.82) is 0 Å². The summed E-state index contributed by atoms with van der Waals surface area (Å²) in [7, 11) is 0. The zero-order chi connectivity index (χ0) is 18.7. The van der Waals surface area contributed by atoms with Crippen LogP contribution in [0.25, 0.3) is 5.69 Å². The summed E-state index contributed by atoms with van der Waals surface area (Å²) >= 11 is 6.57. The van der Waals surface area contributed by atoms with Crippen molar-refractivity contribution >= 4 is 24.0 Å². The topological polar surface area (TPSA) is 33.6 Å². The van der Waals surface area contributed by atoms with E-state index in [1.165, 1.54) is 46.7 Å². The van der Waals surface area contributed by atoms with Crippen LogP contribution in [-0.2, 0) is 17.7 Å². The summed E-state index contributed by atoms with van der Waals surface area (Å²) in [5.41, 5.74) is 0.0752. The molecule has 3 aromatic rings. The lowest BCUT2D eigenvalue weighted by Gasteiger charge is -2.14. The maximum Gasteiger partial charge on any atom is 0.418 e. The molecule has 0 aliphatic heterocycles. The number of aromatic nitrogens is 3. The van der Waals surface area contributed by atoms with Gasteiger partial charge in [0.2, 0.25) is 0 Å². The van der Waals surface area contributed by atoms with Gasteiger partial charge in [0, 0.05) is 5.75 Å². The molecule has 1 aromatic heterocycles. The fraction of sp³-hybridized carbons (Fsp3) is 0.176. The molecule has 0 unspecified atom stereocenters. The van der Waals surface area contributed by atoms with E-state index in [-0.39, 0.29) is 16.3 Å². The van der Waals surface area contributed by atoms with Gasteiger partial charge in [-0.15, -0.1) is 11.8 Å². The summed E-state index contributed by atoms with van der Waals surface area (Å²) in [5, 5.41) is 6.61. The molecule has 136 valence electrons. The summed E-state index contributed by atoms with van der Waals surface area (Å²) in [5.74, 6) is 0.986. The van der Waals surface area contributed by atoms with Crippen molar-refractivity contribution in [2.24, 2.45) is 0 Å².